The number of amides is 1. The van der Waals surface area contributed by atoms with Gasteiger partial charge in [-0.25, -0.2) is 8.42 Å². The van der Waals surface area contributed by atoms with Crippen molar-refractivity contribution in [2.75, 3.05) is 26.7 Å². The van der Waals surface area contributed by atoms with Crippen LogP contribution in [0.25, 0.3) is 0 Å². The standard InChI is InChI=1S/C21H24N2O4S/c1-16-7-3-4-8-17(16)13-20(24)23-12-11-21(15-23)14-22(2)28(25,26)19-10-6-5-9-18(19)27-21/h3-10H,11-15H2,1-2H3. The fourth-order valence-corrected chi connectivity index (χ4v) is 5.38. The molecule has 1 saturated heterocycles. The maximum absolute atomic E-state index is 12.9. The quantitative estimate of drug-likeness (QED) is 0.775. The predicted molar refractivity (Wildman–Crippen MR) is 106 cm³/mol. The van der Waals surface area contributed by atoms with Gasteiger partial charge in [-0.2, -0.15) is 4.31 Å². The van der Waals surface area contributed by atoms with Crippen molar-refractivity contribution in [1.29, 1.82) is 0 Å². The van der Waals surface area contributed by atoms with Crippen LogP contribution < -0.4 is 4.74 Å². The van der Waals surface area contributed by atoms with Gasteiger partial charge in [0.1, 0.15) is 16.2 Å². The molecule has 1 fully saturated rings. The van der Waals surface area contributed by atoms with Crippen molar-refractivity contribution < 1.29 is 17.9 Å². The molecule has 2 aliphatic heterocycles. The van der Waals surface area contributed by atoms with Crippen LogP contribution in [0.15, 0.2) is 53.4 Å². The van der Waals surface area contributed by atoms with Crippen molar-refractivity contribution in [3.8, 4) is 5.75 Å². The molecule has 1 atom stereocenters. The molecule has 0 N–H and O–H groups in total. The molecule has 28 heavy (non-hydrogen) atoms. The van der Waals surface area contributed by atoms with Gasteiger partial charge < -0.3 is 9.64 Å². The molecule has 2 aliphatic rings. The number of rotatable bonds is 2. The SMILES string of the molecule is Cc1ccccc1CC(=O)N1CCC2(C1)CN(C)S(=O)(=O)c1ccccc1O2. The summed E-state index contributed by atoms with van der Waals surface area (Å²) in [4.78, 5) is 14.8. The lowest BCUT2D eigenvalue weighted by molar-refractivity contribution is -0.130. The van der Waals surface area contributed by atoms with Crippen LogP contribution in [-0.2, 0) is 21.2 Å². The summed E-state index contributed by atoms with van der Waals surface area (Å²) in [5.74, 6) is 0.401. The number of nitrogens with zero attached hydrogens (tertiary/aromatic N) is 2. The van der Waals surface area contributed by atoms with Gasteiger partial charge in [-0.15, -0.1) is 0 Å². The fourth-order valence-electron chi connectivity index (χ4n) is 4.02. The number of likely N-dealkylation sites (tertiary alicyclic amines) is 1. The Kier molecular flexibility index (Phi) is 4.67. The molecule has 0 bridgehead atoms. The highest BCUT2D eigenvalue weighted by Crippen LogP contribution is 2.37. The van der Waals surface area contributed by atoms with Gasteiger partial charge in [0, 0.05) is 20.0 Å². The Labute approximate surface area is 165 Å². The molecule has 6 nitrogen and oxygen atoms in total. The summed E-state index contributed by atoms with van der Waals surface area (Å²) in [6.07, 6.45) is 0.939. The molecule has 4 rings (SSSR count). The molecular formula is C21H24N2O4S. The molecule has 0 aromatic heterocycles. The van der Waals surface area contributed by atoms with Crippen LogP contribution in [0.1, 0.15) is 17.5 Å². The minimum absolute atomic E-state index is 0.0396. The number of carbonyl (C=O) groups excluding carboxylic acids is 1. The van der Waals surface area contributed by atoms with Crippen molar-refractivity contribution in [3.63, 3.8) is 0 Å². The second kappa shape index (κ2) is 6.90. The van der Waals surface area contributed by atoms with Crippen LogP contribution in [-0.4, -0.2) is 55.8 Å². The van der Waals surface area contributed by atoms with E-state index < -0.39 is 15.6 Å². The number of benzene rings is 2. The van der Waals surface area contributed by atoms with E-state index in [1.165, 1.54) is 4.31 Å². The van der Waals surface area contributed by atoms with E-state index in [0.717, 1.165) is 11.1 Å². The van der Waals surface area contributed by atoms with E-state index in [4.69, 9.17) is 4.74 Å². The molecule has 1 amide bonds. The van der Waals surface area contributed by atoms with E-state index in [2.05, 4.69) is 0 Å². The van der Waals surface area contributed by atoms with Gasteiger partial charge in [-0.1, -0.05) is 36.4 Å². The average molecular weight is 401 g/mol. The average Bonchev–Trinajstić information content (AvgIpc) is 3.04. The molecular weight excluding hydrogens is 376 g/mol. The lowest BCUT2D eigenvalue weighted by atomic mass is 10.0. The van der Waals surface area contributed by atoms with Crippen LogP contribution in [0, 0.1) is 6.92 Å². The Hall–Kier alpha value is -2.38. The summed E-state index contributed by atoms with van der Waals surface area (Å²) in [5.41, 5.74) is 1.38. The van der Waals surface area contributed by atoms with Crippen molar-refractivity contribution >= 4 is 15.9 Å². The second-order valence-corrected chi connectivity index (χ2v) is 9.67. The second-order valence-electron chi connectivity index (χ2n) is 7.66. The molecule has 148 valence electrons. The summed E-state index contributed by atoms with van der Waals surface area (Å²) in [7, 11) is -2.04. The first kappa shape index (κ1) is 19.0. The largest absolute Gasteiger partial charge is 0.483 e. The van der Waals surface area contributed by atoms with Crippen LogP contribution in [0.5, 0.6) is 5.75 Å². The van der Waals surface area contributed by atoms with E-state index in [-0.39, 0.29) is 17.3 Å². The Bertz CT molecular complexity index is 1020. The van der Waals surface area contributed by atoms with E-state index in [0.29, 0.717) is 31.7 Å². The molecule has 7 heteroatoms. The van der Waals surface area contributed by atoms with Crippen molar-refractivity contribution in [3.05, 3.63) is 59.7 Å². The van der Waals surface area contributed by atoms with Gasteiger partial charge in [-0.3, -0.25) is 4.79 Å². The molecule has 0 radical (unpaired) electrons. The van der Waals surface area contributed by atoms with Crippen molar-refractivity contribution in [1.82, 2.24) is 9.21 Å². The minimum Gasteiger partial charge on any atom is -0.483 e. The lowest BCUT2D eigenvalue weighted by Crippen LogP contribution is -2.48. The molecule has 2 heterocycles. The fraction of sp³-hybridized carbons (Fsp3) is 0.381. The number of likely N-dealkylation sites (N-methyl/N-ethyl adjacent to an activating group) is 1. The zero-order valence-corrected chi connectivity index (χ0v) is 16.9. The third-order valence-electron chi connectivity index (χ3n) is 5.65. The number of aryl methyl sites for hydroxylation is 1. The summed E-state index contributed by atoms with van der Waals surface area (Å²) in [6, 6.07) is 14.6. The monoisotopic (exact) mass is 400 g/mol. The van der Waals surface area contributed by atoms with Crippen molar-refractivity contribution in [2.24, 2.45) is 0 Å². The van der Waals surface area contributed by atoms with Gasteiger partial charge >= 0.3 is 0 Å². The van der Waals surface area contributed by atoms with Gasteiger partial charge in [0.05, 0.1) is 19.5 Å². The van der Waals surface area contributed by atoms with Gasteiger partial charge in [0.15, 0.2) is 0 Å². The number of hydrogen-bond donors (Lipinski definition) is 0. The number of ether oxygens (including phenoxy) is 1. The zero-order chi connectivity index (χ0) is 19.9. The highest BCUT2D eigenvalue weighted by molar-refractivity contribution is 7.89. The molecule has 1 spiro atoms. The molecule has 1 unspecified atom stereocenters. The highest BCUT2D eigenvalue weighted by Gasteiger charge is 2.47. The smallest absolute Gasteiger partial charge is 0.246 e. The number of carbonyl (C=O) groups is 1. The van der Waals surface area contributed by atoms with Gasteiger partial charge in [0.25, 0.3) is 0 Å². The summed E-state index contributed by atoms with van der Waals surface area (Å²) < 4.78 is 33.2. The maximum atomic E-state index is 12.9. The molecule has 0 aliphatic carbocycles. The van der Waals surface area contributed by atoms with Gasteiger partial charge in [-0.05, 0) is 30.2 Å². The summed E-state index contributed by atoms with van der Waals surface area (Å²) >= 11 is 0. The predicted octanol–water partition coefficient (Wildman–Crippen LogP) is 2.22. The highest BCUT2D eigenvalue weighted by atomic mass is 32.2. The zero-order valence-electron chi connectivity index (χ0n) is 16.1. The number of fused-ring (bicyclic) bond motifs is 1. The Morgan fingerprint density at radius 1 is 1.11 bits per heavy atom. The minimum atomic E-state index is -3.61. The number of hydrogen-bond acceptors (Lipinski definition) is 4. The van der Waals surface area contributed by atoms with Crippen LogP contribution in [0.4, 0.5) is 0 Å². The first-order valence-corrected chi connectivity index (χ1v) is 10.8. The van der Waals surface area contributed by atoms with Crippen LogP contribution >= 0.6 is 0 Å². The third kappa shape index (κ3) is 3.29. The Morgan fingerprint density at radius 3 is 2.61 bits per heavy atom. The van der Waals surface area contributed by atoms with Crippen LogP contribution in [0.3, 0.4) is 0 Å². The third-order valence-corrected chi connectivity index (χ3v) is 7.49. The van der Waals surface area contributed by atoms with E-state index in [1.54, 1.807) is 36.2 Å². The van der Waals surface area contributed by atoms with Crippen LogP contribution in [0.2, 0.25) is 0 Å². The molecule has 2 aromatic carbocycles. The summed E-state index contributed by atoms with van der Waals surface area (Å²) in [5, 5.41) is 0. The first-order valence-electron chi connectivity index (χ1n) is 9.37. The molecule has 0 saturated carbocycles. The maximum Gasteiger partial charge on any atom is 0.246 e. The molecule has 2 aromatic rings. The van der Waals surface area contributed by atoms with Crippen molar-refractivity contribution in [2.45, 2.75) is 30.3 Å². The summed E-state index contributed by atoms with van der Waals surface area (Å²) in [6.45, 7) is 3.16. The normalized spacial score (nSPS) is 23.9. The number of para-hydroxylation sites is 1. The van der Waals surface area contributed by atoms with E-state index in [9.17, 15) is 13.2 Å². The first-order chi connectivity index (χ1) is 13.3. The van der Waals surface area contributed by atoms with Gasteiger partial charge in [0.2, 0.25) is 15.9 Å². The van der Waals surface area contributed by atoms with E-state index >= 15 is 0 Å². The lowest BCUT2D eigenvalue weighted by Gasteiger charge is -2.30. The Morgan fingerprint density at radius 2 is 1.82 bits per heavy atom. The number of sulfonamides is 1. The Balaban J connectivity index is 1.57. The van der Waals surface area contributed by atoms with E-state index in [1.807, 2.05) is 31.2 Å². The topological polar surface area (TPSA) is 66.9 Å².